The van der Waals surface area contributed by atoms with E-state index in [-0.39, 0.29) is 19.1 Å². The lowest BCUT2D eigenvalue weighted by molar-refractivity contribution is -0.142. The van der Waals surface area contributed by atoms with E-state index in [0.29, 0.717) is 17.2 Å². The Balaban J connectivity index is 1.86. The number of aryl methyl sites for hydroxylation is 3. The zero-order valence-electron chi connectivity index (χ0n) is 15.4. The summed E-state index contributed by atoms with van der Waals surface area (Å²) in [6.07, 6.45) is 0. The Morgan fingerprint density at radius 1 is 0.885 bits per heavy atom. The summed E-state index contributed by atoms with van der Waals surface area (Å²) in [6, 6.07) is 10.7. The third-order valence-electron chi connectivity index (χ3n) is 3.87. The molecule has 0 heterocycles. The SMILES string of the molecule is COC(=O)COc1ccc(NC(=O)COc2cc(C)c(C)cc2C)cc1. The van der Waals surface area contributed by atoms with Gasteiger partial charge in [-0.15, -0.1) is 0 Å². The predicted molar refractivity (Wildman–Crippen MR) is 98.7 cm³/mol. The number of nitrogens with one attached hydrogen (secondary N) is 1. The molecule has 0 aromatic heterocycles. The Labute approximate surface area is 153 Å². The number of benzene rings is 2. The lowest BCUT2D eigenvalue weighted by Crippen LogP contribution is -2.20. The number of esters is 1. The minimum absolute atomic E-state index is 0.0794. The molecule has 0 aliphatic rings. The van der Waals surface area contributed by atoms with E-state index >= 15 is 0 Å². The number of ether oxygens (including phenoxy) is 3. The minimum Gasteiger partial charge on any atom is -0.483 e. The van der Waals surface area contributed by atoms with E-state index < -0.39 is 5.97 Å². The van der Waals surface area contributed by atoms with Crippen LogP contribution in [0.5, 0.6) is 11.5 Å². The first-order valence-corrected chi connectivity index (χ1v) is 8.19. The normalized spacial score (nSPS) is 10.2. The summed E-state index contributed by atoms with van der Waals surface area (Å²) in [4.78, 5) is 23.1. The van der Waals surface area contributed by atoms with E-state index in [0.717, 1.165) is 11.1 Å². The van der Waals surface area contributed by atoms with Gasteiger partial charge in [-0.05, 0) is 67.8 Å². The lowest BCUT2D eigenvalue weighted by atomic mass is 10.1. The maximum Gasteiger partial charge on any atom is 0.343 e. The van der Waals surface area contributed by atoms with Crippen molar-refractivity contribution in [3.8, 4) is 11.5 Å². The molecule has 26 heavy (non-hydrogen) atoms. The molecule has 2 aromatic carbocycles. The van der Waals surface area contributed by atoms with Gasteiger partial charge in [0, 0.05) is 5.69 Å². The molecule has 0 atom stereocenters. The highest BCUT2D eigenvalue weighted by Crippen LogP contribution is 2.22. The highest BCUT2D eigenvalue weighted by molar-refractivity contribution is 5.91. The molecule has 0 unspecified atom stereocenters. The summed E-state index contributed by atoms with van der Waals surface area (Å²) in [6.45, 7) is 5.75. The van der Waals surface area contributed by atoms with Crippen molar-refractivity contribution in [1.29, 1.82) is 0 Å². The Morgan fingerprint density at radius 3 is 2.19 bits per heavy atom. The second-order valence-corrected chi connectivity index (χ2v) is 5.93. The average Bonchev–Trinajstić information content (AvgIpc) is 2.62. The van der Waals surface area contributed by atoms with Crippen molar-refractivity contribution in [2.24, 2.45) is 0 Å². The Morgan fingerprint density at radius 2 is 1.54 bits per heavy atom. The first kappa shape index (κ1) is 19.3. The van der Waals surface area contributed by atoms with Gasteiger partial charge in [0.1, 0.15) is 11.5 Å². The van der Waals surface area contributed by atoms with Gasteiger partial charge in [-0.3, -0.25) is 4.79 Å². The monoisotopic (exact) mass is 357 g/mol. The van der Waals surface area contributed by atoms with Crippen LogP contribution in [0, 0.1) is 20.8 Å². The van der Waals surface area contributed by atoms with Gasteiger partial charge in [-0.2, -0.15) is 0 Å². The largest absolute Gasteiger partial charge is 0.483 e. The van der Waals surface area contributed by atoms with Gasteiger partial charge in [0.2, 0.25) is 0 Å². The van der Waals surface area contributed by atoms with E-state index in [9.17, 15) is 9.59 Å². The molecule has 0 fully saturated rings. The summed E-state index contributed by atoms with van der Waals surface area (Å²) in [5.41, 5.74) is 3.91. The molecule has 2 rings (SSSR count). The Bertz CT molecular complexity index is 784. The highest BCUT2D eigenvalue weighted by atomic mass is 16.6. The second kappa shape index (κ2) is 8.89. The van der Waals surface area contributed by atoms with E-state index in [1.54, 1.807) is 24.3 Å². The van der Waals surface area contributed by atoms with Crippen LogP contribution in [0.2, 0.25) is 0 Å². The fourth-order valence-electron chi connectivity index (χ4n) is 2.27. The predicted octanol–water partition coefficient (Wildman–Crippen LogP) is 3.18. The third-order valence-corrected chi connectivity index (χ3v) is 3.87. The standard InChI is InChI=1S/C20H23NO5/c1-13-9-15(3)18(10-14(13)2)26-11-19(22)21-16-5-7-17(8-6-16)25-12-20(23)24-4/h5-10H,11-12H2,1-4H3,(H,21,22). The number of amides is 1. The molecule has 1 amide bonds. The number of carbonyl (C=O) groups excluding carboxylic acids is 2. The first-order chi connectivity index (χ1) is 12.4. The van der Waals surface area contributed by atoms with Crippen LogP contribution < -0.4 is 14.8 Å². The first-order valence-electron chi connectivity index (χ1n) is 8.19. The van der Waals surface area contributed by atoms with E-state index in [4.69, 9.17) is 9.47 Å². The van der Waals surface area contributed by atoms with Gasteiger partial charge in [-0.1, -0.05) is 6.07 Å². The molecule has 2 aromatic rings. The number of hydrogen-bond donors (Lipinski definition) is 1. The molecule has 6 heteroatoms. The molecular weight excluding hydrogens is 334 g/mol. The van der Waals surface area contributed by atoms with Crippen molar-refractivity contribution >= 4 is 17.6 Å². The topological polar surface area (TPSA) is 73.9 Å². The molecule has 1 N–H and O–H groups in total. The molecule has 0 aliphatic carbocycles. The van der Waals surface area contributed by atoms with Crippen LogP contribution in [0.3, 0.4) is 0 Å². The van der Waals surface area contributed by atoms with Gasteiger partial charge < -0.3 is 19.5 Å². The zero-order valence-corrected chi connectivity index (χ0v) is 15.4. The van der Waals surface area contributed by atoms with E-state index in [1.165, 1.54) is 12.7 Å². The molecule has 0 spiro atoms. The maximum absolute atomic E-state index is 12.1. The zero-order chi connectivity index (χ0) is 19.1. The van der Waals surface area contributed by atoms with Crippen molar-refractivity contribution in [1.82, 2.24) is 0 Å². The molecule has 0 saturated heterocycles. The molecular formula is C20H23NO5. The number of rotatable bonds is 7. The van der Waals surface area contributed by atoms with Crippen LogP contribution in [0.25, 0.3) is 0 Å². The number of methoxy groups -OCH3 is 1. The fraction of sp³-hybridized carbons (Fsp3) is 0.300. The number of hydrogen-bond acceptors (Lipinski definition) is 5. The number of carbonyl (C=O) groups is 2. The summed E-state index contributed by atoms with van der Waals surface area (Å²) >= 11 is 0. The van der Waals surface area contributed by atoms with Crippen molar-refractivity contribution in [2.75, 3.05) is 25.6 Å². The van der Waals surface area contributed by atoms with Crippen LogP contribution in [0.1, 0.15) is 16.7 Å². The van der Waals surface area contributed by atoms with Crippen LogP contribution in [0.15, 0.2) is 36.4 Å². The quantitative estimate of drug-likeness (QED) is 0.771. The van der Waals surface area contributed by atoms with Gasteiger partial charge in [0.25, 0.3) is 5.91 Å². The van der Waals surface area contributed by atoms with E-state index in [1.807, 2.05) is 32.9 Å². The van der Waals surface area contributed by atoms with Gasteiger partial charge in [-0.25, -0.2) is 4.79 Å². The average molecular weight is 357 g/mol. The van der Waals surface area contributed by atoms with E-state index in [2.05, 4.69) is 10.1 Å². The molecule has 0 radical (unpaired) electrons. The Kier molecular flexibility index (Phi) is 6.60. The summed E-state index contributed by atoms with van der Waals surface area (Å²) < 4.78 is 15.4. The molecule has 138 valence electrons. The molecule has 0 aliphatic heterocycles. The van der Waals surface area contributed by atoms with Crippen molar-refractivity contribution in [3.05, 3.63) is 53.1 Å². The van der Waals surface area contributed by atoms with Gasteiger partial charge in [0.15, 0.2) is 13.2 Å². The summed E-state index contributed by atoms with van der Waals surface area (Å²) in [5, 5.41) is 2.75. The van der Waals surface area contributed by atoms with Crippen molar-refractivity contribution in [2.45, 2.75) is 20.8 Å². The van der Waals surface area contributed by atoms with Crippen LogP contribution >= 0.6 is 0 Å². The fourth-order valence-corrected chi connectivity index (χ4v) is 2.27. The minimum atomic E-state index is -0.457. The maximum atomic E-state index is 12.1. The van der Waals surface area contributed by atoms with Crippen molar-refractivity contribution < 1.29 is 23.8 Å². The highest BCUT2D eigenvalue weighted by Gasteiger charge is 2.08. The number of anilines is 1. The van der Waals surface area contributed by atoms with Gasteiger partial charge in [0.05, 0.1) is 7.11 Å². The third kappa shape index (κ3) is 5.51. The van der Waals surface area contributed by atoms with Gasteiger partial charge >= 0.3 is 5.97 Å². The molecule has 0 bridgehead atoms. The Hall–Kier alpha value is -3.02. The lowest BCUT2D eigenvalue weighted by Gasteiger charge is -2.12. The van der Waals surface area contributed by atoms with Crippen LogP contribution in [-0.2, 0) is 14.3 Å². The smallest absolute Gasteiger partial charge is 0.343 e. The summed E-state index contributed by atoms with van der Waals surface area (Å²) in [7, 11) is 1.30. The molecule has 0 saturated carbocycles. The van der Waals surface area contributed by atoms with Crippen LogP contribution in [-0.4, -0.2) is 32.2 Å². The van der Waals surface area contributed by atoms with Crippen molar-refractivity contribution in [3.63, 3.8) is 0 Å². The molecule has 6 nitrogen and oxygen atoms in total. The summed E-state index contributed by atoms with van der Waals surface area (Å²) in [5.74, 6) is 0.497. The van der Waals surface area contributed by atoms with Crippen LogP contribution in [0.4, 0.5) is 5.69 Å². The second-order valence-electron chi connectivity index (χ2n) is 5.93.